The molecular formula is C20H25F2NO5. The summed E-state index contributed by atoms with van der Waals surface area (Å²) in [5.74, 6) is -0.874. The topological polar surface area (TPSA) is 65.1 Å². The molecular weight excluding hydrogens is 372 g/mol. The molecule has 28 heavy (non-hydrogen) atoms. The molecule has 0 radical (unpaired) electrons. The van der Waals surface area contributed by atoms with Crippen LogP contribution in [0.3, 0.4) is 0 Å². The lowest BCUT2D eigenvalue weighted by molar-refractivity contribution is -0.151. The van der Waals surface area contributed by atoms with Gasteiger partial charge >= 0.3 is 12.6 Å². The van der Waals surface area contributed by atoms with Gasteiger partial charge in [0.05, 0.1) is 7.11 Å². The summed E-state index contributed by atoms with van der Waals surface area (Å²) in [6, 6.07) is 4.52. The number of carbonyl (C=O) groups is 2. The van der Waals surface area contributed by atoms with Crippen LogP contribution in [0.2, 0.25) is 0 Å². The van der Waals surface area contributed by atoms with Crippen molar-refractivity contribution in [1.29, 1.82) is 0 Å². The fraction of sp³-hybridized carbons (Fsp3) is 0.500. The van der Waals surface area contributed by atoms with E-state index in [9.17, 15) is 18.4 Å². The second kappa shape index (κ2) is 10.1. The van der Waals surface area contributed by atoms with E-state index in [0.29, 0.717) is 5.56 Å². The number of carbonyl (C=O) groups excluding carboxylic acids is 2. The van der Waals surface area contributed by atoms with Crippen LogP contribution >= 0.6 is 0 Å². The second-order valence-corrected chi connectivity index (χ2v) is 6.66. The van der Waals surface area contributed by atoms with Crippen molar-refractivity contribution in [2.24, 2.45) is 0 Å². The highest BCUT2D eigenvalue weighted by atomic mass is 19.3. The molecule has 1 heterocycles. The number of rotatable bonds is 7. The van der Waals surface area contributed by atoms with Gasteiger partial charge in [-0.1, -0.05) is 6.07 Å². The number of ether oxygens (including phenoxy) is 3. The normalized spacial score (nSPS) is 19.7. The molecule has 1 aliphatic rings. The summed E-state index contributed by atoms with van der Waals surface area (Å²) in [6.45, 7) is 0.699. The van der Waals surface area contributed by atoms with Crippen LogP contribution in [-0.2, 0) is 14.3 Å². The van der Waals surface area contributed by atoms with E-state index < -0.39 is 12.6 Å². The number of halogens is 2. The van der Waals surface area contributed by atoms with E-state index in [1.165, 1.54) is 37.5 Å². The Bertz CT molecular complexity index is 713. The van der Waals surface area contributed by atoms with Crippen LogP contribution in [-0.4, -0.2) is 49.2 Å². The number of amides is 1. The summed E-state index contributed by atoms with van der Waals surface area (Å²) in [5, 5.41) is 0. The Balaban J connectivity index is 1.92. The van der Waals surface area contributed by atoms with Crippen LogP contribution < -0.4 is 9.47 Å². The maximum absolute atomic E-state index is 12.3. The van der Waals surface area contributed by atoms with Crippen LogP contribution in [0, 0.1) is 0 Å². The van der Waals surface area contributed by atoms with E-state index >= 15 is 0 Å². The van der Waals surface area contributed by atoms with Gasteiger partial charge in [-0.2, -0.15) is 8.78 Å². The van der Waals surface area contributed by atoms with Crippen LogP contribution in [0.15, 0.2) is 24.3 Å². The zero-order valence-corrected chi connectivity index (χ0v) is 16.2. The predicted molar refractivity (Wildman–Crippen MR) is 99.2 cm³/mol. The van der Waals surface area contributed by atoms with Crippen molar-refractivity contribution in [1.82, 2.24) is 4.90 Å². The molecule has 0 spiro atoms. The highest BCUT2D eigenvalue weighted by Gasteiger charge is 2.29. The van der Waals surface area contributed by atoms with Gasteiger partial charge in [-0.3, -0.25) is 4.79 Å². The molecule has 1 aromatic rings. The van der Waals surface area contributed by atoms with Gasteiger partial charge in [-0.05, 0) is 56.9 Å². The molecule has 1 saturated heterocycles. The zero-order chi connectivity index (χ0) is 20.7. The lowest BCUT2D eigenvalue weighted by atomic mass is 9.97. The van der Waals surface area contributed by atoms with Gasteiger partial charge in [0.2, 0.25) is 0 Å². The fourth-order valence-electron chi connectivity index (χ4n) is 3.31. The maximum Gasteiger partial charge on any atom is 0.387 e. The Kier molecular flexibility index (Phi) is 7.78. The second-order valence-electron chi connectivity index (χ2n) is 6.66. The van der Waals surface area contributed by atoms with Crippen molar-refractivity contribution in [3.63, 3.8) is 0 Å². The Hall–Kier alpha value is -2.64. The van der Waals surface area contributed by atoms with Crippen molar-refractivity contribution in [3.05, 3.63) is 29.8 Å². The van der Waals surface area contributed by atoms with Crippen molar-refractivity contribution in [2.75, 3.05) is 13.7 Å². The minimum absolute atomic E-state index is 0.104. The molecule has 1 aromatic carbocycles. The molecule has 0 N–H and O–H groups in total. The number of nitrogens with zero attached hydrogens (tertiary/aromatic N) is 1. The van der Waals surface area contributed by atoms with E-state index in [-0.39, 0.29) is 36.1 Å². The van der Waals surface area contributed by atoms with E-state index in [2.05, 4.69) is 4.74 Å². The molecule has 8 heteroatoms. The summed E-state index contributed by atoms with van der Waals surface area (Å²) < 4.78 is 39.1. The minimum Gasteiger partial charge on any atom is -0.493 e. The summed E-state index contributed by atoms with van der Waals surface area (Å²) >= 11 is 0. The van der Waals surface area contributed by atoms with Gasteiger partial charge in [-0.25, -0.2) is 4.79 Å². The predicted octanol–water partition coefficient (Wildman–Crippen LogP) is 3.64. The SMILES string of the molecule is COc1cc(/C=C/C(=O)OCC(=O)N2[C@H](C)CCC[C@@H]2C)ccc1OC(F)F. The molecule has 1 aliphatic heterocycles. The summed E-state index contributed by atoms with van der Waals surface area (Å²) in [4.78, 5) is 26.0. The molecule has 0 saturated carbocycles. The highest BCUT2D eigenvalue weighted by molar-refractivity contribution is 5.89. The van der Waals surface area contributed by atoms with Gasteiger partial charge in [0.1, 0.15) is 0 Å². The lowest BCUT2D eigenvalue weighted by Gasteiger charge is -2.38. The molecule has 0 aliphatic carbocycles. The molecule has 1 fully saturated rings. The first-order chi connectivity index (χ1) is 13.3. The average molecular weight is 397 g/mol. The van der Waals surface area contributed by atoms with Crippen molar-refractivity contribution < 1.29 is 32.6 Å². The molecule has 154 valence electrons. The smallest absolute Gasteiger partial charge is 0.387 e. The zero-order valence-electron chi connectivity index (χ0n) is 16.2. The van der Waals surface area contributed by atoms with Gasteiger partial charge in [0.25, 0.3) is 5.91 Å². The van der Waals surface area contributed by atoms with Crippen molar-refractivity contribution in [2.45, 2.75) is 51.8 Å². The highest BCUT2D eigenvalue weighted by Crippen LogP contribution is 2.29. The Morgan fingerprint density at radius 3 is 2.50 bits per heavy atom. The molecule has 0 aromatic heterocycles. The summed E-state index contributed by atoms with van der Waals surface area (Å²) in [6.07, 6.45) is 5.57. The number of piperidine rings is 1. The Labute approximate surface area is 163 Å². The Morgan fingerprint density at radius 1 is 1.21 bits per heavy atom. The van der Waals surface area contributed by atoms with Crippen LogP contribution in [0.1, 0.15) is 38.7 Å². The minimum atomic E-state index is -2.96. The monoisotopic (exact) mass is 397 g/mol. The lowest BCUT2D eigenvalue weighted by Crippen LogP contribution is -2.49. The standard InChI is InChI=1S/C20H25F2NO5/c1-13-5-4-6-14(2)23(13)18(24)12-27-19(25)10-8-15-7-9-16(28-20(21)22)17(11-15)26-3/h7-11,13-14,20H,4-6,12H2,1-3H3/b10-8+/t13-,14+. The van der Waals surface area contributed by atoms with Crippen LogP contribution in [0.4, 0.5) is 8.78 Å². The van der Waals surface area contributed by atoms with Crippen molar-refractivity contribution >= 4 is 18.0 Å². The Morgan fingerprint density at radius 2 is 1.89 bits per heavy atom. The quantitative estimate of drug-likeness (QED) is 0.519. The van der Waals surface area contributed by atoms with Crippen molar-refractivity contribution in [3.8, 4) is 11.5 Å². The third-order valence-corrected chi connectivity index (χ3v) is 4.64. The molecule has 6 nitrogen and oxygen atoms in total. The van der Waals surface area contributed by atoms with Gasteiger partial charge in [0.15, 0.2) is 18.1 Å². The largest absolute Gasteiger partial charge is 0.493 e. The number of alkyl halides is 2. The van der Waals surface area contributed by atoms with Crippen LogP contribution in [0.5, 0.6) is 11.5 Å². The number of hydrogen-bond acceptors (Lipinski definition) is 5. The molecule has 0 bridgehead atoms. The number of benzene rings is 1. The summed E-state index contributed by atoms with van der Waals surface area (Å²) in [7, 11) is 1.32. The number of methoxy groups -OCH3 is 1. The first-order valence-electron chi connectivity index (χ1n) is 9.10. The van der Waals surface area contributed by atoms with E-state index in [1.807, 2.05) is 13.8 Å². The maximum atomic E-state index is 12.3. The van der Waals surface area contributed by atoms with Gasteiger partial charge in [0, 0.05) is 18.2 Å². The molecule has 0 unspecified atom stereocenters. The third kappa shape index (κ3) is 5.94. The van der Waals surface area contributed by atoms with E-state index in [4.69, 9.17) is 9.47 Å². The number of hydrogen-bond donors (Lipinski definition) is 0. The molecule has 1 amide bonds. The van der Waals surface area contributed by atoms with Gasteiger partial charge in [-0.15, -0.1) is 0 Å². The van der Waals surface area contributed by atoms with E-state index in [1.54, 1.807) is 4.90 Å². The van der Waals surface area contributed by atoms with E-state index in [0.717, 1.165) is 19.3 Å². The third-order valence-electron chi connectivity index (χ3n) is 4.64. The summed E-state index contributed by atoms with van der Waals surface area (Å²) in [5.41, 5.74) is 0.528. The molecule has 2 rings (SSSR count). The molecule has 2 atom stereocenters. The number of esters is 1. The fourth-order valence-corrected chi connectivity index (χ4v) is 3.31. The average Bonchev–Trinajstić information content (AvgIpc) is 2.65. The van der Waals surface area contributed by atoms with Gasteiger partial charge < -0.3 is 19.1 Å². The first kappa shape index (κ1) is 21.7. The van der Waals surface area contributed by atoms with Crippen LogP contribution in [0.25, 0.3) is 6.08 Å². The first-order valence-corrected chi connectivity index (χ1v) is 9.10. The number of likely N-dealkylation sites (tertiary alicyclic amines) is 1.